The topological polar surface area (TPSA) is 64.6 Å². The predicted molar refractivity (Wildman–Crippen MR) is 110 cm³/mol. The molecule has 1 N–H and O–H groups in total. The molecule has 1 aliphatic rings. The summed E-state index contributed by atoms with van der Waals surface area (Å²) in [5.74, 6) is 0.170. The van der Waals surface area contributed by atoms with Gasteiger partial charge in [0, 0.05) is 5.92 Å². The van der Waals surface area contributed by atoms with Gasteiger partial charge in [0.2, 0.25) is 0 Å². The summed E-state index contributed by atoms with van der Waals surface area (Å²) >= 11 is 0. The van der Waals surface area contributed by atoms with Crippen molar-refractivity contribution in [3.8, 4) is 0 Å². The van der Waals surface area contributed by atoms with Crippen molar-refractivity contribution in [2.24, 2.45) is 11.8 Å². The third kappa shape index (κ3) is 6.25. The Morgan fingerprint density at radius 3 is 2.32 bits per heavy atom. The molecule has 0 aromatic heterocycles. The van der Waals surface area contributed by atoms with Crippen LogP contribution in [-0.4, -0.2) is 23.8 Å². The number of hydrogen-bond donors (Lipinski definition) is 1. The van der Waals surface area contributed by atoms with Gasteiger partial charge in [0.15, 0.2) is 6.54 Å². The first kappa shape index (κ1) is 22.3. The minimum atomic E-state index is -0.664. The number of ether oxygens (including phenoxy) is 2. The molecule has 28 heavy (non-hydrogen) atoms. The fraction of sp³-hybridized carbons (Fsp3) is 0.609. The number of carbonyl (C=O) groups is 2. The van der Waals surface area contributed by atoms with Crippen LogP contribution < -0.4 is 5.32 Å². The molecule has 0 heterocycles. The predicted octanol–water partition coefficient (Wildman–Crippen LogP) is 5.00. The number of amides is 1. The van der Waals surface area contributed by atoms with Crippen LogP contribution in [0.4, 0.5) is 4.79 Å². The quantitative estimate of drug-likeness (QED) is 0.721. The lowest BCUT2D eigenvalue weighted by molar-refractivity contribution is -0.152. The van der Waals surface area contributed by atoms with E-state index in [0.717, 1.165) is 25.8 Å². The van der Waals surface area contributed by atoms with Crippen molar-refractivity contribution in [3.05, 3.63) is 42.4 Å². The van der Waals surface area contributed by atoms with Crippen LogP contribution in [0.2, 0.25) is 0 Å². The van der Waals surface area contributed by atoms with Gasteiger partial charge in [-0.2, -0.15) is 0 Å². The van der Waals surface area contributed by atoms with Gasteiger partial charge in [0.25, 0.3) is 0 Å². The van der Waals surface area contributed by atoms with Gasteiger partial charge in [-0.25, -0.2) is 9.59 Å². The van der Waals surface area contributed by atoms with E-state index in [9.17, 15) is 9.59 Å². The molecule has 155 valence electrons. The monoisotopic (exact) mass is 388 g/mol. The minimum absolute atomic E-state index is 0.120. The molecular formula is C23H34NO4. The Balaban J connectivity index is 2.02. The second-order valence-electron chi connectivity index (χ2n) is 9.38. The largest absolute Gasteiger partial charge is 0.460 e. The highest BCUT2D eigenvalue weighted by Crippen LogP contribution is 2.43. The highest BCUT2D eigenvalue weighted by molar-refractivity contribution is 5.83. The zero-order valence-electron chi connectivity index (χ0n) is 18.0. The van der Waals surface area contributed by atoms with Crippen molar-refractivity contribution in [2.45, 2.75) is 77.9 Å². The van der Waals surface area contributed by atoms with Crippen molar-refractivity contribution in [1.82, 2.24) is 5.32 Å². The van der Waals surface area contributed by atoms with E-state index in [0.29, 0.717) is 5.92 Å². The third-order valence-electron chi connectivity index (χ3n) is 5.47. The van der Waals surface area contributed by atoms with Gasteiger partial charge in [-0.3, -0.25) is 0 Å². The molecule has 2 rings (SSSR count). The zero-order valence-corrected chi connectivity index (χ0v) is 18.0. The number of hydrogen-bond acceptors (Lipinski definition) is 4. The summed E-state index contributed by atoms with van der Waals surface area (Å²) in [4.78, 5) is 24.1. The van der Waals surface area contributed by atoms with Crippen LogP contribution in [0.5, 0.6) is 0 Å². The molecule has 1 amide bonds. The van der Waals surface area contributed by atoms with Gasteiger partial charge in [0.1, 0.15) is 11.7 Å². The summed E-state index contributed by atoms with van der Waals surface area (Å²) in [5.41, 5.74) is 0.502. The first-order valence-corrected chi connectivity index (χ1v) is 10.1. The van der Waals surface area contributed by atoms with Crippen molar-refractivity contribution in [3.63, 3.8) is 0 Å². The van der Waals surface area contributed by atoms with Crippen LogP contribution >= 0.6 is 0 Å². The normalized spacial score (nSPS) is 23.0. The number of rotatable bonds is 5. The molecule has 5 nitrogen and oxygen atoms in total. The van der Waals surface area contributed by atoms with E-state index in [1.165, 1.54) is 5.56 Å². The van der Waals surface area contributed by atoms with Gasteiger partial charge >= 0.3 is 12.1 Å². The van der Waals surface area contributed by atoms with Gasteiger partial charge < -0.3 is 14.8 Å². The van der Waals surface area contributed by atoms with E-state index >= 15 is 0 Å². The lowest BCUT2D eigenvalue weighted by Gasteiger charge is -2.44. The molecule has 1 radical (unpaired) electrons. The summed E-state index contributed by atoms with van der Waals surface area (Å²) in [6.07, 6.45) is 2.09. The molecule has 0 spiro atoms. The molecule has 1 aromatic rings. The number of carbonyl (C=O) groups excluding carboxylic acids is 2. The Hall–Kier alpha value is -2.04. The summed E-state index contributed by atoms with van der Waals surface area (Å²) in [6, 6.07) is 10.4. The molecule has 0 saturated heterocycles. The van der Waals surface area contributed by atoms with Crippen LogP contribution in [0.1, 0.15) is 66.4 Å². The van der Waals surface area contributed by atoms with Crippen LogP contribution in [0.3, 0.4) is 0 Å². The molecule has 5 heteroatoms. The molecule has 1 fully saturated rings. The van der Waals surface area contributed by atoms with E-state index < -0.39 is 17.7 Å². The van der Waals surface area contributed by atoms with Gasteiger partial charge in [-0.15, -0.1) is 0 Å². The number of nitrogens with one attached hydrogen (secondary N) is 1. The Kier molecular flexibility index (Phi) is 7.13. The third-order valence-corrected chi connectivity index (χ3v) is 5.47. The lowest BCUT2D eigenvalue weighted by atomic mass is 9.64. The van der Waals surface area contributed by atoms with E-state index in [-0.39, 0.29) is 17.4 Å². The molecule has 1 saturated carbocycles. The van der Waals surface area contributed by atoms with E-state index in [1.54, 1.807) is 20.8 Å². The van der Waals surface area contributed by atoms with Gasteiger partial charge in [-0.05, 0) is 50.5 Å². The SMILES string of the molecule is C[C@@H]1CC[C@@H](C(C)(C)c2ccccc2)[C@H](OC(=O)[CH]NC(=O)OC(C)(C)C)C1. The second kappa shape index (κ2) is 8.97. The molecule has 0 bridgehead atoms. The average Bonchev–Trinajstić information content (AvgIpc) is 2.59. The zero-order chi connectivity index (χ0) is 20.9. The standard InChI is InChI=1S/C23H34NO4/c1-16-12-13-18(23(5,6)17-10-8-7-9-11-17)19(14-16)27-20(25)15-24-21(26)28-22(2,3)4/h7-11,15-16,18-19H,12-14H2,1-6H3,(H,24,26)/t16-,18-,19-/m1/s1. The van der Waals surface area contributed by atoms with Crippen LogP contribution in [0.25, 0.3) is 0 Å². The highest BCUT2D eigenvalue weighted by Gasteiger charge is 2.42. The maximum absolute atomic E-state index is 12.3. The van der Waals surface area contributed by atoms with E-state index in [1.807, 2.05) is 18.2 Å². The van der Waals surface area contributed by atoms with Crippen molar-refractivity contribution < 1.29 is 19.1 Å². The van der Waals surface area contributed by atoms with E-state index in [2.05, 4.69) is 38.2 Å². The molecule has 0 unspecified atom stereocenters. The molecule has 3 atom stereocenters. The van der Waals surface area contributed by atoms with Crippen LogP contribution in [0.15, 0.2) is 30.3 Å². The van der Waals surface area contributed by atoms with Gasteiger partial charge in [0.05, 0.1) is 0 Å². The Morgan fingerprint density at radius 1 is 1.07 bits per heavy atom. The first-order valence-electron chi connectivity index (χ1n) is 10.1. The fourth-order valence-corrected chi connectivity index (χ4v) is 3.97. The number of benzene rings is 1. The maximum atomic E-state index is 12.3. The summed E-state index contributed by atoms with van der Waals surface area (Å²) in [5, 5.41) is 2.36. The fourth-order valence-electron chi connectivity index (χ4n) is 3.97. The summed E-state index contributed by atoms with van der Waals surface area (Å²) < 4.78 is 10.9. The van der Waals surface area contributed by atoms with Crippen LogP contribution in [0, 0.1) is 18.4 Å². The molecule has 1 aliphatic carbocycles. The molecule has 1 aromatic carbocycles. The Labute approximate surface area is 169 Å². The number of esters is 1. The van der Waals surface area contributed by atoms with E-state index in [4.69, 9.17) is 9.47 Å². The van der Waals surface area contributed by atoms with Crippen LogP contribution in [-0.2, 0) is 19.7 Å². The maximum Gasteiger partial charge on any atom is 0.408 e. The first-order chi connectivity index (χ1) is 13.0. The minimum Gasteiger partial charge on any atom is -0.460 e. The lowest BCUT2D eigenvalue weighted by Crippen LogP contribution is -2.44. The van der Waals surface area contributed by atoms with Gasteiger partial charge in [-0.1, -0.05) is 57.5 Å². The summed E-state index contributed by atoms with van der Waals surface area (Å²) in [7, 11) is 0. The molecule has 0 aliphatic heterocycles. The van der Waals surface area contributed by atoms with Crippen molar-refractivity contribution in [1.29, 1.82) is 0 Å². The second-order valence-corrected chi connectivity index (χ2v) is 9.38. The molecular weight excluding hydrogens is 354 g/mol. The average molecular weight is 389 g/mol. The smallest absolute Gasteiger partial charge is 0.408 e. The van der Waals surface area contributed by atoms with Crippen molar-refractivity contribution >= 4 is 12.1 Å². The van der Waals surface area contributed by atoms with Crippen molar-refractivity contribution in [2.75, 3.05) is 0 Å². The highest BCUT2D eigenvalue weighted by atomic mass is 16.6. The summed E-state index contributed by atoms with van der Waals surface area (Å²) in [6.45, 7) is 13.0. The number of alkyl carbamates (subject to hydrolysis) is 1. The Bertz CT molecular complexity index is 663. The Morgan fingerprint density at radius 2 is 1.71 bits per heavy atom.